The van der Waals surface area contributed by atoms with Gasteiger partial charge < -0.3 is 19.9 Å². The summed E-state index contributed by atoms with van der Waals surface area (Å²) in [6, 6.07) is 0. The number of piperazine rings is 1. The monoisotopic (exact) mass is 409 g/mol. The predicted octanol–water partition coefficient (Wildman–Crippen LogP) is 0.236. The minimum atomic E-state index is 0.757. The molecule has 2 aliphatic heterocycles. The van der Waals surface area contributed by atoms with Gasteiger partial charge in [0.25, 0.3) is 0 Å². The van der Waals surface area contributed by atoms with Gasteiger partial charge in [0.2, 0.25) is 0 Å². The number of morpholine rings is 1. The molecule has 5 heterocycles. The average molecular weight is 410 g/mol. The molecule has 2 saturated heterocycles. The van der Waals surface area contributed by atoms with Crippen molar-refractivity contribution in [3.05, 3.63) is 10.4 Å². The first-order valence-corrected chi connectivity index (χ1v) is 11.2. The van der Waals surface area contributed by atoms with Gasteiger partial charge in [0, 0.05) is 49.9 Å². The lowest BCUT2D eigenvalue weighted by atomic mass is 10.1. The summed E-state index contributed by atoms with van der Waals surface area (Å²) >= 11 is 1.70. The molecule has 3 aromatic heterocycles. The summed E-state index contributed by atoms with van der Waals surface area (Å²) in [7, 11) is 0. The van der Waals surface area contributed by atoms with Crippen molar-refractivity contribution >= 4 is 55.6 Å². The molecule has 0 unspecified atom stereocenters. The molecule has 0 radical (unpaired) electrons. The summed E-state index contributed by atoms with van der Waals surface area (Å²) in [5, 5.41) is 20.1. The molecule has 1 aliphatic carbocycles. The van der Waals surface area contributed by atoms with Crippen molar-refractivity contribution in [2.24, 2.45) is 0 Å². The standard InChI is InChI=1S/C20H23N7OS/c1-2-4-14-13(3-1)15-16-17(19(24-25-23-16)26-7-5-21-6-8-26)29-20(15)22-18(14)27-9-11-28-12-10-27/h3-4,21H,1-2,5-12H2. The first kappa shape index (κ1) is 17.5. The van der Waals surface area contributed by atoms with Crippen molar-refractivity contribution in [2.45, 2.75) is 12.8 Å². The van der Waals surface area contributed by atoms with Crippen LogP contribution in [0.5, 0.6) is 0 Å². The smallest absolute Gasteiger partial charge is 0.172 e. The third-order valence-electron chi connectivity index (χ3n) is 5.95. The highest BCUT2D eigenvalue weighted by Crippen LogP contribution is 2.35. The van der Waals surface area contributed by atoms with Crippen LogP contribution >= 0.6 is 11.3 Å². The molecule has 1 N–H and O–H groups in total. The van der Waals surface area contributed by atoms with Crippen LogP contribution in [0.2, 0.25) is 0 Å². The number of pyridine rings is 1. The Morgan fingerprint density at radius 3 is 2.48 bits per heavy atom. The Bertz CT molecular complexity index is 1200. The number of nitrogens with zero attached hydrogens (tertiary/aromatic N) is 6. The topological polar surface area (TPSA) is 79.3 Å². The molecule has 0 saturated carbocycles. The number of hydrogen-bond acceptors (Lipinski definition) is 9. The minimum absolute atomic E-state index is 0.757. The molecule has 3 aliphatic rings. The van der Waals surface area contributed by atoms with Gasteiger partial charge in [0.05, 0.1) is 13.2 Å². The molecule has 0 atom stereocenters. The minimum Gasteiger partial charge on any atom is -0.378 e. The molecule has 29 heavy (non-hydrogen) atoms. The van der Waals surface area contributed by atoms with Gasteiger partial charge in [-0.15, -0.1) is 21.5 Å². The van der Waals surface area contributed by atoms with Crippen LogP contribution in [0, 0.1) is 0 Å². The zero-order valence-corrected chi connectivity index (χ0v) is 17.0. The highest BCUT2D eigenvalue weighted by molar-refractivity contribution is 7.25. The van der Waals surface area contributed by atoms with Crippen LogP contribution in [0.4, 0.5) is 11.6 Å². The van der Waals surface area contributed by atoms with Crippen LogP contribution in [0.25, 0.3) is 32.6 Å². The summed E-state index contributed by atoms with van der Waals surface area (Å²) in [5.41, 5.74) is 0.942. The van der Waals surface area contributed by atoms with Crippen LogP contribution in [0.1, 0.15) is 12.8 Å². The Balaban J connectivity index is 1.62. The highest BCUT2D eigenvalue weighted by Gasteiger charge is 2.23. The zero-order valence-electron chi connectivity index (χ0n) is 16.2. The number of hydrogen-bond donors (Lipinski definition) is 1. The molecule has 3 aromatic rings. The second-order valence-electron chi connectivity index (χ2n) is 7.66. The van der Waals surface area contributed by atoms with E-state index in [0.29, 0.717) is 0 Å². The molecule has 6 rings (SSSR count). The number of fused-ring (bicyclic) bond motifs is 5. The molecule has 0 spiro atoms. The third kappa shape index (κ3) is 2.87. The van der Waals surface area contributed by atoms with Crippen LogP contribution in [-0.2, 0) is 4.74 Å². The van der Waals surface area contributed by atoms with Gasteiger partial charge in [-0.3, -0.25) is 0 Å². The fourth-order valence-electron chi connectivity index (χ4n) is 4.51. The summed E-state index contributed by atoms with van der Waals surface area (Å²) in [5.74, 6) is 2.03. The number of aromatic nitrogens is 4. The Labute approximate surface area is 171 Å². The van der Waals surface area contributed by atoms with Crippen molar-refractivity contribution in [3.63, 3.8) is 0 Å². The summed E-state index contributed by atoms with van der Waals surface area (Å²) in [6.07, 6.45) is 6.79. The summed E-state index contributed by atoms with van der Waals surface area (Å²) in [6.45, 7) is 7.09. The molecule has 2 fully saturated rings. The van der Waals surface area contributed by atoms with Crippen LogP contribution < -0.4 is 25.6 Å². The lowest BCUT2D eigenvalue weighted by molar-refractivity contribution is 0.122. The van der Waals surface area contributed by atoms with Gasteiger partial charge in [-0.2, -0.15) is 0 Å². The van der Waals surface area contributed by atoms with Gasteiger partial charge in [-0.1, -0.05) is 12.2 Å². The molecule has 0 amide bonds. The van der Waals surface area contributed by atoms with E-state index in [1.165, 1.54) is 10.4 Å². The Morgan fingerprint density at radius 2 is 1.66 bits per heavy atom. The van der Waals surface area contributed by atoms with Crippen molar-refractivity contribution in [1.82, 2.24) is 25.7 Å². The van der Waals surface area contributed by atoms with E-state index in [-0.39, 0.29) is 0 Å². The van der Waals surface area contributed by atoms with Crippen LogP contribution in [0.15, 0.2) is 0 Å². The van der Waals surface area contributed by atoms with E-state index in [1.54, 1.807) is 11.3 Å². The number of anilines is 2. The molecule has 150 valence electrons. The largest absolute Gasteiger partial charge is 0.378 e. The van der Waals surface area contributed by atoms with Crippen molar-refractivity contribution in [3.8, 4) is 0 Å². The molecule has 0 bridgehead atoms. The number of rotatable bonds is 2. The van der Waals surface area contributed by atoms with E-state index in [1.807, 2.05) is 0 Å². The zero-order chi connectivity index (χ0) is 19.2. The van der Waals surface area contributed by atoms with Crippen molar-refractivity contribution in [2.75, 3.05) is 62.3 Å². The fraction of sp³-hybridized carbons (Fsp3) is 0.500. The third-order valence-corrected chi connectivity index (χ3v) is 7.02. The lowest BCUT2D eigenvalue weighted by Gasteiger charge is -2.28. The first-order valence-electron chi connectivity index (χ1n) is 10.3. The van der Waals surface area contributed by atoms with E-state index in [2.05, 4.69) is 42.7 Å². The quantitative estimate of drug-likeness (QED) is 0.645. The average Bonchev–Trinajstić information content (AvgIpc) is 3.18. The van der Waals surface area contributed by atoms with Gasteiger partial charge in [0.15, 0.2) is 5.82 Å². The lowest BCUT2D eigenvalue weighted by Crippen LogP contribution is -2.44. The fourth-order valence-corrected chi connectivity index (χ4v) is 5.65. The molecular weight excluding hydrogens is 386 g/mol. The number of ether oxygens (including phenoxy) is 1. The second-order valence-corrected chi connectivity index (χ2v) is 8.66. The summed E-state index contributed by atoms with van der Waals surface area (Å²) < 4.78 is 6.66. The Hall–Kier alpha value is -2.36. The van der Waals surface area contributed by atoms with Crippen LogP contribution in [0.3, 0.4) is 0 Å². The molecule has 0 aromatic carbocycles. The van der Waals surface area contributed by atoms with E-state index in [4.69, 9.17) is 9.72 Å². The highest BCUT2D eigenvalue weighted by atomic mass is 32.1. The van der Waals surface area contributed by atoms with Gasteiger partial charge in [-0.05, 0) is 23.3 Å². The van der Waals surface area contributed by atoms with Crippen molar-refractivity contribution < 1.29 is 4.74 Å². The maximum atomic E-state index is 5.56. The number of thiophene rings is 1. The SMILES string of the molecule is C1=c2c(N3CCOCC3)nc3sc4c(N5CCNCC5)nnnc4c3c2=CCC1. The molecule has 9 heteroatoms. The second kappa shape index (κ2) is 7.16. The maximum Gasteiger partial charge on any atom is 0.172 e. The Kier molecular flexibility index (Phi) is 4.32. The van der Waals surface area contributed by atoms with Gasteiger partial charge in [0.1, 0.15) is 20.9 Å². The van der Waals surface area contributed by atoms with Gasteiger partial charge >= 0.3 is 0 Å². The van der Waals surface area contributed by atoms with Crippen LogP contribution in [-0.4, -0.2) is 72.9 Å². The predicted molar refractivity (Wildman–Crippen MR) is 116 cm³/mol. The van der Waals surface area contributed by atoms with Crippen molar-refractivity contribution in [1.29, 1.82) is 0 Å². The van der Waals surface area contributed by atoms with E-state index in [9.17, 15) is 0 Å². The van der Waals surface area contributed by atoms with E-state index in [0.717, 1.165) is 97.4 Å². The Morgan fingerprint density at radius 1 is 0.897 bits per heavy atom. The molecule has 8 nitrogen and oxygen atoms in total. The van der Waals surface area contributed by atoms with E-state index >= 15 is 0 Å². The number of nitrogens with one attached hydrogen (secondary N) is 1. The van der Waals surface area contributed by atoms with Gasteiger partial charge in [-0.25, -0.2) is 4.98 Å². The molecular formula is C20H23N7OS. The van der Waals surface area contributed by atoms with E-state index < -0.39 is 0 Å². The maximum absolute atomic E-state index is 5.56. The first-order chi connectivity index (χ1) is 14.4. The normalized spacial score (nSPS) is 19.9. The summed E-state index contributed by atoms with van der Waals surface area (Å²) in [4.78, 5) is 10.9.